The van der Waals surface area contributed by atoms with Crippen LogP contribution < -0.4 is 18.9 Å². The molecule has 0 aliphatic heterocycles. The van der Waals surface area contributed by atoms with Gasteiger partial charge in [0.15, 0.2) is 0 Å². The van der Waals surface area contributed by atoms with Gasteiger partial charge in [0.1, 0.15) is 0 Å². The second kappa shape index (κ2) is 15.7. The van der Waals surface area contributed by atoms with Crippen LogP contribution in [-0.4, -0.2) is 48.9 Å². The van der Waals surface area contributed by atoms with Gasteiger partial charge in [0, 0.05) is 48.9 Å². The average molecular weight is 201 g/mol. The molecule has 0 aliphatic carbocycles. The molecule has 0 amide bonds. The Morgan fingerprint density at radius 3 is 1.67 bits per heavy atom. The predicted molar refractivity (Wildman–Crippen MR) is 26.0 cm³/mol. The second-order valence-corrected chi connectivity index (χ2v) is 0.854. The first-order valence-electron chi connectivity index (χ1n) is 1.71. The summed E-state index contributed by atoms with van der Waals surface area (Å²) in [6.45, 7) is 5.72. The Labute approximate surface area is 92.7 Å². The summed E-state index contributed by atoms with van der Waals surface area (Å²) in [6, 6.07) is 0. The zero-order valence-corrected chi connectivity index (χ0v) is 9.27. The van der Waals surface area contributed by atoms with Crippen LogP contribution in [0.15, 0.2) is 0 Å². The summed E-state index contributed by atoms with van der Waals surface area (Å²) in [6.07, 6.45) is 2.28. The minimum Gasteiger partial charge on any atom is -0.343 e. The number of hydrogen-bond acceptors (Lipinski definition) is 0. The molecular weight excluding hydrogens is 192 g/mol. The summed E-state index contributed by atoms with van der Waals surface area (Å²) >= 11 is 0. The molecule has 0 aromatic carbocycles. The standard InChI is InChI=1S/C4H9.Ba.Li/c1-3-4-2;;/h1,3-4H2,2H3;;/q-1;;+1. The fourth-order valence-corrected chi connectivity index (χ4v) is 0. The van der Waals surface area contributed by atoms with Crippen molar-refractivity contribution < 1.29 is 18.9 Å². The fourth-order valence-electron chi connectivity index (χ4n) is 0. The summed E-state index contributed by atoms with van der Waals surface area (Å²) in [5, 5.41) is 0. The Hall–Kier alpha value is 2.17. The summed E-state index contributed by atoms with van der Waals surface area (Å²) in [5.74, 6) is 0. The van der Waals surface area contributed by atoms with E-state index < -0.39 is 0 Å². The first kappa shape index (κ1) is 15.7. The molecule has 0 atom stereocenters. The van der Waals surface area contributed by atoms with Crippen molar-refractivity contribution >= 4 is 48.9 Å². The van der Waals surface area contributed by atoms with Crippen LogP contribution in [0, 0.1) is 6.92 Å². The second-order valence-electron chi connectivity index (χ2n) is 0.854. The minimum absolute atomic E-state index is 0. The first-order valence-corrected chi connectivity index (χ1v) is 1.71. The first-order chi connectivity index (χ1) is 1.91. The maximum absolute atomic E-state index is 3.60. The maximum Gasteiger partial charge on any atom is 1.00 e. The largest absolute Gasteiger partial charge is 1.00 e. The van der Waals surface area contributed by atoms with E-state index in [4.69, 9.17) is 0 Å². The third-order valence-corrected chi connectivity index (χ3v) is 0.354. The van der Waals surface area contributed by atoms with Crippen LogP contribution in [0.4, 0.5) is 0 Å². The van der Waals surface area contributed by atoms with Crippen LogP contribution in [0.25, 0.3) is 0 Å². The Kier molecular flexibility index (Phi) is 41.1. The quantitative estimate of drug-likeness (QED) is 0.348. The zero-order chi connectivity index (χ0) is 3.41. The zero-order valence-electron chi connectivity index (χ0n) is 4.83. The number of hydrogen-bond donors (Lipinski definition) is 0. The molecule has 0 unspecified atom stereocenters. The molecule has 0 aromatic heterocycles. The number of unbranched alkanes of at least 4 members (excludes halogenated alkanes) is 1. The van der Waals surface area contributed by atoms with E-state index >= 15 is 0 Å². The summed E-state index contributed by atoms with van der Waals surface area (Å²) in [4.78, 5) is 0. The van der Waals surface area contributed by atoms with E-state index in [0.717, 1.165) is 6.42 Å². The molecule has 0 aliphatic rings. The van der Waals surface area contributed by atoms with E-state index in [1.54, 1.807) is 0 Å². The van der Waals surface area contributed by atoms with Crippen LogP contribution in [-0.2, 0) is 0 Å². The molecule has 0 N–H and O–H groups in total. The molecule has 0 heterocycles. The average Bonchev–Trinajstić information content (AvgIpc) is 1.37. The molecule has 2 radical (unpaired) electrons. The van der Waals surface area contributed by atoms with Crippen LogP contribution in [0.5, 0.6) is 0 Å². The van der Waals surface area contributed by atoms with Crippen molar-refractivity contribution in [2.45, 2.75) is 19.8 Å². The smallest absolute Gasteiger partial charge is 0.343 e. The van der Waals surface area contributed by atoms with E-state index in [0.29, 0.717) is 0 Å². The molecule has 0 aromatic rings. The van der Waals surface area contributed by atoms with Gasteiger partial charge in [-0.25, -0.2) is 0 Å². The molecule has 0 rings (SSSR count). The van der Waals surface area contributed by atoms with Crippen molar-refractivity contribution in [3.05, 3.63) is 6.92 Å². The van der Waals surface area contributed by atoms with Gasteiger partial charge in [-0.05, 0) is 0 Å². The third kappa shape index (κ3) is 16.4. The van der Waals surface area contributed by atoms with Crippen LogP contribution >= 0.6 is 0 Å². The Morgan fingerprint density at radius 2 is 1.67 bits per heavy atom. The molecule has 0 saturated carbocycles. The normalized spacial score (nSPS) is 5.00. The van der Waals surface area contributed by atoms with Crippen molar-refractivity contribution in [1.29, 1.82) is 0 Å². The van der Waals surface area contributed by atoms with Crippen LogP contribution in [0.2, 0.25) is 0 Å². The van der Waals surface area contributed by atoms with E-state index in [2.05, 4.69) is 13.8 Å². The fraction of sp³-hybridized carbons (Fsp3) is 0.750. The third-order valence-electron chi connectivity index (χ3n) is 0.354. The SMILES string of the molecule is [Ba].[CH2-]CCC.[Li+]. The topological polar surface area (TPSA) is 0 Å². The van der Waals surface area contributed by atoms with Gasteiger partial charge in [0.2, 0.25) is 0 Å². The van der Waals surface area contributed by atoms with Gasteiger partial charge >= 0.3 is 18.9 Å². The molecule has 0 spiro atoms. The van der Waals surface area contributed by atoms with Crippen LogP contribution in [0.1, 0.15) is 19.8 Å². The van der Waals surface area contributed by atoms with E-state index in [-0.39, 0.29) is 67.7 Å². The van der Waals surface area contributed by atoms with E-state index in [1.165, 1.54) is 6.42 Å². The van der Waals surface area contributed by atoms with Crippen molar-refractivity contribution in [2.24, 2.45) is 0 Å². The molecule has 0 nitrogen and oxygen atoms in total. The van der Waals surface area contributed by atoms with Gasteiger partial charge in [0.25, 0.3) is 0 Å². The van der Waals surface area contributed by atoms with E-state index in [9.17, 15) is 0 Å². The minimum atomic E-state index is 0. The van der Waals surface area contributed by atoms with Crippen molar-refractivity contribution in [2.75, 3.05) is 0 Å². The van der Waals surface area contributed by atoms with Gasteiger partial charge in [-0.2, -0.15) is 6.42 Å². The summed E-state index contributed by atoms with van der Waals surface area (Å²) in [5.41, 5.74) is 0. The molecule has 0 fully saturated rings. The Bertz CT molecular complexity index is 9.51. The number of rotatable bonds is 1. The summed E-state index contributed by atoms with van der Waals surface area (Å²) in [7, 11) is 0. The van der Waals surface area contributed by atoms with Crippen molar-refractivity contribution in [3.63, 3.8) is 0 Å². The van der Waals surface area contributed by atoms with E-state index in [1.807, 2.05) is 0 Å². The molecule has 6 heavy (non-hydrogen) atoms. The molecule has 0 saturated heterocycles. The molecule has 28 valence electrons. The predicted octanol–water partition coefficient (Wildman–Crippen LogP) is -1.76. The van der Waals surface area contributed by atoms with Gasteiger partial charge < -0.3 is 6.92 Å². The van der Waals surface area contributed by atoms with Crippen molar-refractivity contribution in [1.82, 2.24) is 0 Å². The van der Waals surface area contributed by atoms with Crippen LogP contribution in [0.3, 0.4) is 0 Å². The monoisotopic (exact) mass is 202 g/mol. The summed E-state index contributed by atoms with van der Waals surface area (Å²) < 4.78 is 0. The van der Waals surface area contributed by atoms with Gasteiger partial charge in [-0.1, -0.05) is 13.3 Å². The Morgan fingerprint density at radius 1 is 1.50 bits per heavy atom. The van der Waals surface area contributed by atoms with Crippen molar-refractivity contribution in [3.8, 4) is 0 Å². The van der Waals surface area contributed by atoms with Gasteiger partial charge in [-0.15, -0.1) is 0 Å². The molecule has 2 heteroatoms. The molecular formula is C4H9BaLi. The molecule has 0 bridgehead atoms. The van der Waals surface area contributed by atoms with Gasteiger partial charge in [-0.3, -0.25) is 0 Å². The van der Waals surface area contributed by atoms with Gasteiger partial charge in [0.05, 0.1) is 0 Å². The Balaban J connectivity index is -0.0000000450. The maximum atomic E-state index is 3.60.